The third-order valence-corrected chi connectivity index (χ3v) is 3.29. The standard InChI is InChI=1S/C12H14FN3S/c1-3-10-11(13)12(15-7-14-10)16-8(2)9-4-5-17-6-9/h4-8H,3H2,1-2H3,(H,14,15,16). The first-order valence-corrected chi connectivity index (χ1v) is 6.44. The van der Waals surface area contributed by atoms with Crippen LogP contribution in [0.2, 0.25) is 0 Å². The van der Waals surface area contributed by atoms with Gasteiger partial charge in [-0.1, -0.05) is 6.92 Å². The van der Waals surface area contributed by atoms with Gasteiger partial charge in [0.05, 0.1) is 11.7 Å². The quantitative estimate of drug-likeness (QED) is 0.904. The first-order valence-electron chi connectivity index (χ1n) is 5.50. The molecule has 2 rings (SSSR count). The van der Waals surface area contributed by atoms with E-state index in [0.717, 1.165) is 5.56 Å². The molecule has 0 aliphatic carbocycles. The molecule has 0 saturated heterocycles. The highest BCUT2D eigenvalue weighted by molar-refractivity contribution is 7.07. The third kappa shape index (κ3) is 2.61. The van der Waals surface area contributed by atoms with Crippen LogP contribution in [0.25, 0.3) is 0 Å². The van der Waals surface area contributed by atoms with Crippen LogP contribution in [0.15, 0.2) is 23.2 Å². The highest BCUT2D eigenvalue weighted by Crippen LogP contribution is 2.22. The summed E-state index contributed by atoms with van der Waals surface area (Å²) >= 11 is 1.62. The van der Waals surface area contributed by atoms with Gasteiger partial charge in [0, 0.05) is 0 Å². The molecule has 0 aliphatic heterocycles. The van der Waals surface area contributed by atoms with E-state index in [-0.39, 0.29) is 17.7 Å². The number of thiophene rings is 1. The highest BCUT2D eigenvalue weighted by Gasteiger charge is 2.13. The summed E-state index contributed by atoms with van der Waals surface area (Å²) in [5, 5.41) is 7.11. The smallest absolute Gasteiger partial charge is 0.186 e. The van der Waals surface area contributed by atoms with E-state index in [4.69, 9.17) is 0 Å². The Labute approximate surface area is 104 Å². The van der Waals surface area contributed by atoms with Crippen LogP contribution in [0.1, 0.15) is 31.1 Å². The van der Waals surface area contributed by atoms with Gasteiger partial charge in [-0.25, -0.2) is 14.4 Å². The van der Waals surface area contributed by atoms with Crippen molar-refractivity contribution in [3.05, 3.63) is 40.2 Å². The summed E-state index contributed by atoms with van der Waals surface area (Å²) in [6.07, 6.45) is 1.96. The number of hydrogen-bond donors (Lipinski definition) is 1. The highest BCUT2D eigenvalue weighted by atomic mass is 32.1. The summed E-state index contributed by atoms with van der Waals surface area (Å²) in [5.74, 6) is -0.0763. The predicted octanol–water partition coefficient (Wildman–Crippen LogP) is 3.41. The molecule has 90 valence electrons. The Morgan fingerprint density at radius 3 is 2.94 bits per heavy atom. The van der Waals surface area contributed by atoms with Gasteiger partial charge >= 0.3 is 0 Å². The molecule has 1 N–H and O–H groups in total. The van der Waals surface area contributed by atoms with E-state index >= 15 is 0 Å². The summed E-state index contributed by atoms with van der Waals surface area (Å²) in [7, 11) is 0. The Morgan fingerprint density at radius 2 is 2.29 bits per heavy atom. The van der Waals surface area contributed by atoms with Crippen molar-refractivity contribution < 1.29 is 4.39 Å². The average molecular weight is 251 g/mol. The van der Waals surface area contributed by atoms with Gasteiger partial charge in [-0.15, -0.1) is 0 Å². The number of rotatable bonds is 4. The van der Waals surface area contributed by atoms with Crippen LogP contribution in [-0.2, 0) is 6.42 Å². The van der Waals surface area contributed by atoms with E-state index < -0.39 is 0 Å². The molecular formula is C12H14FN3S. The van der Waals surface area contributed by atoms with Crippen molar-refractivity contribution >= 4 is 17.2 Å². The molecule has 0 aromatic carbocycles. The average Bonchev–Trinajstić information content (AvgIpc) is 2.85. The van der Waals surface area contributed by atoms with Gasteiger partial charge in [0.25, 0.3) is 0 Å². The van der Waals surface area contributed by atoms with Crippen molar-refractivity contribution in [3.8, 4) is 0 Å². The molecule has 0 amide bonds. The Morgan fingerprint density at radius 1 is 1.47 bits per heavy atom. The molecule has 0 aliphatic rings. The predicted molar refractivity (Wildman–Crippen MR) is 67.7 cm³/mol. The van der Waals surface area contributed by atoms with Gasteiger partial charge in [0.15, 0.2) is 11.6 Å². The SMILES string of the molecule is CCc1ncnc(NC(C)c2ccsc2)c1F. The van der Waals surface area contributed by atoms with E-state index in [1.165, 1.54) is 6.33 Å². The second-order valence-electron chi connectivity index (χ2n) is 3.76. The Hall–Kier alpha value is -1.49. The second-order valence-corrected chi connectivity index (χ2v) is 4.54. The number of nitrogens with one attached hydrogen (secondary N) is 1. The minimum Gasteiger partial charge on any atom is -0.361 e. The lowest BCUT2D eigenvalue weighted by molar-refractivity contribution is 0.594. The van der Waals surface area contributed by atoms with Crippen molar-refractivity contribution in [1.29, 1.82) is 0 Å². The molecule has 2 aromatic heterocycles. The van der Waals surface area contributed by atoms with E-state index in [2.05, 4.69) is 15.3 Å². The maximum absolute atomic E-state index is 13.9. The van der Waals surface area contributed by atoms with Gasteiger partial charge in [-0.2, -0.15) is 11.3 Å². The van der Waals surface area contributed by atoms with Crippen LogP contribution in [0.3, 0.4) is 0 Å². The van der Waals surface area contributed by atoms with Crippen molar-refractivity contribution in [2.75, 3.05) is 5.32 Å². The second kappa shape index (κ2) is 5.23. The van der Waals surface area contributed by atoms with Crippen LogP contribution in [-0.4, -0.2) is 9.97 Å². The van der Waals surface area contributed by atoms with Gasteiger partial charge in [0.2, 0.25) is 0 Å². The van der Waals surface area contributed by atoms with E-state index in [1.54, 1.807) is 11.3 Å². The molecular weight excluding hydrogens is 237 g/mol. The van der Waals surface area contributed by atoms with Gasteiger partial charge in [-0.05, 0) is 35.7 Å². The number of aromatic nitrogens is 2. The maximum atomic E-state index is 13.9. The fourth-order valence-electron chi connectivity index (χ4n) is 1.56. The monoisotopic (exact) mass is 251 g/mol. The van der Waals surface area contributed by atoms with Gasteiger partial charge in [-0.3, -0.25) is 0 Å². The molecule has 5 heteroatoms. The van der Waals surface area contributed by atoms with E-state index in [1.807, 2.05) is 30.7 Å². The Balaban J connectivity index is 2.19. The van der Waals surface area contributed by atoms with Crippen LogP contribution < -0.4 is 5.32 Å². The molecule has 0 radical (unpaired) electrons. The Kier molecular flexibility index (Phi) is 3.68. The zero-order chi connectivity index (χ0) is 12.3. The molecule has 1 unspecified atom stereocenters. The Bertz CT molecular complexity index is 485. The minimum atomic E-state index is -0.350. The molecule has 0 fully saturated rings. The number of halogens is 1. The fraction of sp³-hybridized carbons (Fsp3) is 0.333. The molecule has 0 saturated carbocycles. The largest absolute Gasteiger partial charge is 0.361 e. The minimum absolute atomic E-state index is 0.0374. The van der Waals surface area contributed by atoms with Gasteiger partial charge < -0.3 is 5.32 Å². The lowest BCUT2D eigenvalue weighted by Crippen LogP contribution is -2.10. The number of aryl methyl sites for hydroxylation is 1. The third-order valence-electron chi connectivity index (χ3n) is 2.59. The number of nitrogens with zero attached hydrogens (tertiary/aromatic N) is 2. The maximum Gasteiger partial charge on any atom is 0.186 e. The van der Waals surface area contributed by atoms with Crippen LogP contribution in [0, 0.1) is 5.82 Å². The van der Waals surface area contributed by atoms with Crippen molar-refractivity contribution in [3.63, 3.8) is 0 Å². The van der Waals surface area contributed by atoms with Crippen LogP contribution in [0.4, 0.5) is 10.2 Å². The first kappa shape index (κ1) is 12.0. The number of hydrogen-bond acceptors (Lipinski definition) is 4. The lowest BCUT2D eigenvalue weighted by atomic mass is 10.2. The molecule has 0 spiro atoms. The summed E-state index contributed by atoms with van der Waals surface area (Å²) in [5.41, 5.74) is 1.58. The molecule has 17 heavy (non-hydrogen) atoms. The summed E-state index contributed by atoms with van der Waals surface area (Å²) in [6.45, 7) is 3.85. The zero-order valence-electron chi connectivity index (χ0n) is 9.77. The summed E-state index contributed by atoms with van der Waals surface area (Å²) in [6, 6.07) is 2.05. The van der Waals surface area contributed by atoms with E-state index in [9.17, 15) is 4.39 Å². The molecule has 3 nitrogen and oxygen atoms in total. The fourth-order valence-corrected chi connectivity index (χ4v) is 2.32. The first-order chi connectivity index (χ1) is 8.22. The van der Waals surface area contributed by atoms with Gasteiger partial charge in [0.1, 0.15) is 6.33 Å². The number of anilines is 1. The van der Waals surface area contributed by atoms with Crippen LogP contribution in [0.5, 0.6) is 0 Å². The van der Waals surface area contributed by atoms with E-state index in [0.29, 0.717) is 12.1 Å². The van der Waals surface area contributed by atoms with Crippen LogP contribution >= 0.6 is 11.3 Å². The van der Waals surface area contributed by atoms with Crippen molar-refractivity contribution in [2.24, 2.45) is 0 Å². The lowest BCUT2D eigenvalue weighted by Gasteiger charge is -2.14. The molecule has 2 heterocycles. The summed E-state index contributed by atoms with van der Waals surface area (Å²) < 4.78 is 13.9. The topological polar surface area (TPSA) is 37.8 Å². The van der Waals surface area contributed by atoms with Crippen molar-refractivity contribution in [1.82, 2.24) is 9.97 Å². The summed E-state index contributed by atoms with van der Waals surface area (Å²) in [4.78, 5) is 7.85. The zero-order valence-corrected chi connectivity index (χ0v) is 10.6. The molecule has 1 atom stereocenters. The molecule has 0 bridgehead atoms. The normalized spacial score (nSPS) is 12.4. The van der Waals surface area contributed by atoms with Crippen molar-refractivity contribution in [2.45, 2.75) is 26.3 Å². The molecule has 2 aromatic rings.